The van der Waals surface area contributed by atoms with Crippen LogP contribution < -0.4 is 16.0 Å². The van der Waals surface area contributed by atoms with Gasteiger partial charge in [-0.05, 0) is 48.9 Å². The summed E-state index contributed by atoms with van der Waals surface area (Å²) in [5, 5.41) is 17.2. The molecule has 0 fully saturated rings. The highest BCUT2D eigenvalue weighted by Crippen LogP contribution is 2.19. The number of aryl methyl sites for hydroxylation is 1. The molecule has 0 unspecified atom stereocenters. The normalized spacial score (nSPS) is 10.4. The average Bonchev–Trinajstić information content (AvgIpc) is 2.69. The van der Waals surface area contributed by atoms with Crippen molar-refractivity contribution < 1.29 is 9.18 Å². The van der Waals surface area contributed by atoms with Gasteiger partial charge in [0.15, 0.2) is 5.82 Å². The standard InChI is InChI=1S/C20H20ClFN6O/c1-13-7-8-23-19(11-13)26-18-6-5-17(27-28-18)24-9-10-25-20(29)12-14-15(21)3-2-4-16(14)22/h2-8,11H,9-10,12H2,1H3,(H,24,27)(H,25,29)(H,23,26,28). The number of amides is 1. The molecule has 0 aliphatic carbocycles. The van der Waals surface area contributed by atoms with Crippen molar-refractivity contribution in [2.24, 2.45) is 0 Å². The molecule has 0 bridgehead atoms. The number of nitrogens with zero attached hydrogens (tertiary/aromatic N) is 3. The van der Waals surface area contributed by atoms with E-state index in [2.05, 4.69) is 31.1 Å². The van der Waals surface area contributed by atoms with Crippen molar-refractivity contribution in [2.75, 3.05) is 23.7 Å². The molecule has 1 aromatic carbocycles. The fourth-order valence-corrected chi connectivity index (χ4v) is 2.78. The van der Waals surface area contributed by atoms with Gasteiger partial charge in [-0.25, -0.2) is 9.37 Å². The molecule has 3 aromatic rings. The Balaban J connectivity index is 1.42. The van der Waals surface area contributed by atoms with Gasteiger partial charge >= 0.3 is 0 Å². The summed E-state index contributed by atoms with van der Waals surface area (Å²) in [5.74, 6) is 1.03. The van der Waals surface area contributed by atoms with Gasteiger partial charge in [-0.1, -0.05) is 17.7 Å². The third-order valence-corrected chi connectivity index (χ3v) is 4.34. The van der Waals surface area contributed by atoms with Crippen LogP contribution in [0.5, 0.6) is 0 Å². The second-order valence-corrected chi connectivity index (χ2v) is 6.71. The van der Waals surface area contributed by atoms with Gasteiger partial charge in [-0.3, -0.25) is 4.79 Å². The van der Waals surface area contributed by atoms with E-state index in [4.69, 9.17) is 11.6 Å². The number of nitrogens with one attached hydrogen (secondary N) is 3. The number of anilines is 3. The van der Waals surface area contributed by atoms with Crippen molar-refractivity contribution in [1.82, 2.24) is 20.5 Å². The second kappa shape index (κ2) is 9.79. The first-order valence-electron chi connectivity index (χ1n) is 8.98. The van der Waals surface area contributed by atoms with E-state index in [1.54, 1.807) is 24.4 Å². The topological polar surface area (TPSA) is 91.8 Å². The number of hydrogen-bond acceptors (Lipinski definition) is 6. The minimum atomic E-state index is -0.490. The number of aromatic nitrogens is 3. The average molecular weight is 415 g/mol. The highest BCUT2D eigenvalue weighted by atomic mass is 35.5. The molecule has 0 radical (unpaired) electrons. The molecule has 2 aromatic heterocycles. The van der Waals surface area contributed by atoms with Crippen LogP contribution in [0.2, 0.25) is 5.02 Å². The molecule has 29 heavy (non-hydrogen) atoms. The smallest absolute Gasteiger partial charge is 0.224 e. The Bertz CT molecular complexity index is 963. The monoisotopic (exact) mass is 414 g/mol. The predicted molar refractivity (Wildman–Crippen MR) is 111 cm³/mol. The lowest BCUT2D eigenvalue weighted by molar-refractivity contribution is -0.120. The Morgan fingerprint density at radius 2 is 1.86 bits per heavy atom. The lowest BCUT2D eigenvalue weighted by Crippen LogP contribution is -2.30. The van der Waals surface area contributed by atoms with Crippen molar-refractivity contribution in [1.29, 1.82) is 0 Å². The van der Waals surface area contributed by atoms with Gasteiger partial charge in [0.2, 0.25) is 5.91 Å². The second-order valence-electron chi connectivity index (χ2n) is 6.30. The number of rotatable bonds is 8. The van der Waals surface area contributed by atoms with Crippen molar-refractivity contribution in [3.63, 3.8) is 0 Å². The fraction of sp³-hybridized carbons (Fsp3) is 0.200. The van der Waals surface area contributed by atoms with Crippen LogP contribution in [0, 0.1) is 12.7 Å². The third-order valence-electron chi connectivity index (χ3n) is 3.99. The number of halogens is 2. The van der Waals surface area contributed by atoms with Crippen LogP contribution in [-0.2, 0) is 11.2 Å². The van der Waals surface area contributed by atoms with E-state index in [1.807, 2.05) is 19.1 Å². The summed E-state index contributed by atoms with van der Waals surface area (Å²) in [5.41, 5.74) is 1.28. The fourth-order valence-electron chi connectivity index (χ4n) is 2.55. The minimum absolute atomic E-state index is 0.112. The number of carbonyl (C=O) groups excluding carboxylic acids is 1. The summed E-state index contributed by atoms with van der Waals surface area (Å²) in [7, 11) is 0. The van der Waals surface area contributed by atoms with E-state index < -0.39 is 5.82 Å². The largest absolute Gasteiger partial charge is 0.367 e. The first kappa shape index (κ1) is 20.5. The maximum atomic E-state index is 13.7. The molecule has 1 amide bonds. The molecule has 2 heterocycles. The van der Waals surface area contributed by atoms with Crippen molar-refractivity contribution >= 4 is 35.0 Å². The molecular formula is C20H20ClFN6O. The molecule has 7 nitrogen and oxygen atoms in total. The van der Waals surface area contributed by atoms with Crippen LogP contribution in [0.1, 0.15) is 11.1 Å². The van der Waals surface area contributed by atoms with Crippen molar-refractivity contribution in [3.8, 4) is 0 Å². The highest BCUT2D eigenvalue weighted by molar-refractivity contribution is 6.31. The number of benzene rings is 1. The number of carbonyl (C=O) groups is 1. The highest BCUT2D eigenvalue weighted by Gasteiger charge is 2.11. The summed E-state index contributed by atoms with van der Waals surface area (Å²) in [6.07, 6.45) is 1.61. The van der Waals surface area contributed by atoms with Gasteiger partial charge < -0.3 is 16.0 Å². The first-order valence-corrected chi connectivity index (χ1v) is 9.36. The third kappa shape index (κ3) is 6.11. The molecule has 3 rings (SSSR count). The Labute approximate surface area is 172 Å². The maximum Gasteiger partial charge on any atom is 0.224 e. The molecule has 9 heteroatoms. The Kier molecular flexibility index (Phi) is 6.91. The summed E-state index contributed by atoms with van der Waals surface area (Å²) in [6, 6.07) is 11.7. The summed E-state index contributed by atoms with van der Waals surface area (Å²) < 4.78 is 13.7. The zero-order valence-electron chi connectivity index (χ0n) is 15.7. The van der Waals surface area contributed by atoms with Crippen LogP contribution in [0.15, 0.2) is 48.7 Å². The van der Waals surface area contributed by atoms with Crippen LogP contribution in [0.3, 0.4) is 0 Å². The van der Waals surface area contributed by atoms with Crippen LogP contribution in [-0.4, -0.2) is 34.2 Å². The van der Waals surface area contributed by atoms with Crippen molar-refractivity contribution in [3.05, 3.63) is 70.6 Å². The van der Waals surface area contributed by atoms with E-state index in [1.165, 1.54) is 12.1 Å². The number of hydrogen-bond donors (Lipinski definition) is 3. The van der Waals surface area contributed by atoms with E-state index in [-0.39, 0.29) is 22.9 Å². The van der Waals surface area contributed by atoms with Gasteiger partial charge in [0, 0.05) is 29.9 Å². The van der Waals surface area contributed by atoms with Gasteiger partial charge in [0.05, 0.1) is 6.42 Å². The van der Waals surface area contributed by atoms with Gasteiger partial charge in [0.25, 0.3) is 0 Å². The SMILES string of the molecule is Cc1ccnc(Nc2ccc(NCCNC(=O)Cc3c(F)cccc3Cl)nn2)c1. The molecule has 150 valence electrons. The molecule has 0 aliphatic rings. The summed E-state index contributed by atoms with van der Waals surface area (Å²) >= 11 is 5.93. The molecule has 0 saturated carbocycles. The van der Waals surface area contributed by atoms with E-state index in [0.29, 0.717) is 30.5 Å². The Morgan fingerprint density at radius 3 is 2.59 bits per heavy atom. The van der Waals surface area contributed by atoms with Gasteiger partial charge in [-0.15, -0.1) is 10.2 Å². The van der Waals surface area contributed by atoms with Crippen molar-refractivity contribution in [2.45, 2.75) is 13.3 Å². The predicted octanol–water partition coefficient (Wildman–Crippen LogP) is 3.49. The molecule has 0 saturated heterocycles. The molecular weight excluding hydrogens is 395 g/mol. The van der Waals surface area contributed by atoms with Crippen LogP contribution >= 0.6 is 11.6 Å². The van der Waals surface area contributed by atoms with Gasteiger partial charge in [-0.2, -0.15) is 0 Å². The summed E-state index contributed by atoms with van der Waals surface area (Å²) in [4.78, 5) is 16.2. The lowest BCUT2D eigenvalue weighted by Gasteiger charge is -2.09. The zero-order valence-corrected chi connectivity index (χ0v) is 16.5. The molecule has 0 spiro atoms. The molecule has 3 N–H and O–H groups in total. The number of pyridine rings is 1. The van der Waals surface area contributed by atoms with Crippen LogP contribution in [0.4, 0.5) is 21.8 Å². The molecule has 0 aliphatic heterocycles. The maximum absolute atomic E-state index is 13.7. The van der Waals surface area contributed by atoms with E-state index >= 15 is 0 Å². The first-order chi connectivity index (χ1) is 14.0. The minimum Gasteiger partial charge on any atom is -0.367 e. The van der Waals surface area contributed by atoms with Crippen LogP contribution in [0.25, 0.3) is 0 Å². The lowest BCUT2D eigenvalue weighted by atomic mass is 10.1. The summed E-state index contributed by atoms with van der Waals surface area (Å²) in [6.45, 7) is 2.77. The zero-order chi connectivity index (χ0) is 20.6. The Hall–Kier alpha value is -3.26. The van der Waals surface area contributed by atoms with Gasteiger partial charge in [0.1, 0.15) is 17.5 Å². The van der Waals surface area contributed by atoms with E-state index in [9.17, 15) is 9.18 Å². The van der Waals surface area contributed by atoms with E-state index in [0.717, 1.165) is 5.56 Å². The quantitative estimate of drug-likeness (QED) is 0.489. The Morgan fingerprint density at radius 1 is 1.07 bits per heavy atom. The molecule has 0 atom stereocenters.